The van der Waals surface area contributed by atoms with Crippen molar-refractivity contribution in [3.63, 3.8) is 0 Å². The molecule has 1 aromatic heterocycles. The summed E-state index contributed by atoms with van der Waals surface area (Å²) >= 11 is 0. The molecule has 0 saturated carbocycles. The predicted molar refractivity (Wildman–Crippen MR) is 103 cm³/mol. The monoisotopic (exact) mass is 446 g/mol. The number of nitrogens with one attached hydrogen (secondary N) is 1. The topological polar surface area (TPSA) is 99.6 Å². The van der Waals surface area contributed by atoms with Crippen LogP contribution in [0.3, 0.4) is 0 Å². The fraction of sp³-hybridized carbons (Fsp3) is 0.400. The minimum absolute atomic E-state index is 0. The van der Waals surface area contributed by atoms with Crippen molar-refractivity contribution in [2.45, 2.75) is 13.0 Å². The maximum atomic E-state index is 5.84. The van der Waals surface area contributed by atoms with E-state index >= 15 is 0 Å². The van der Waals surface area contributed by atoms with Crippen LogP contribution in [0.1, 0.15) is 11.4 Å². The van der Waals surface area contributed by atoms with Crippen LogP contribution in [0.4, 0.5) is 0 Å². The summed E-state index contributed by atoms with van der Waals surface area (Å²) in [6.07, 6.45) is 2.42. The van der Waals surface area contributed by atoms with Gasteiger partial charge in [-0.1, -0.05) is 6.07 Å². The average molecular weight is 446 g/mol. The number of rotatable bonds is 7. The highest BCUT2D eigenvalue weighted by atomic mass is 127. The summed E-state index contributed by atoms with van der Waals surface area (Å²) in [5.74, 6) is 2.58. The van der Waals surface area contributed by atoms with E-state index in [9.17, 15) is 0 Å². The second-order valence-electron chi connectivity index (χ2n) is 4.93. The number of nitrogens with zero attached hydrogens (tertiary/aromatic N) is 4. The maximum Gasteiger partial charge on any atom is 0.189 e. The van der Waals surface area contributed by atoms with Crippen molar-refractivity contribution in [2.24, 2.45) is 17.8 Å². The van der Waals surface area contributed by atoms with Gasteiger partial charge in [0.2, 0.25) is 0 Å². The minimum Gasteiger partial charge on any atom is -0.493 e. The largest absolute Gasteiger partial charge is 0.493 e. The van der Waals surface area contributed by atoms with Crippen molar-refractivity contribution >= 4 is 29.9 Å². The number of hydrogen-bond acceptors (Lipinski definition) is 5. The van der Waals surface area contributed by atoms with Gasteiger partial charge in [0.25, 0.3) is 0 Å². The maximum absolute atomic E-state index is 5.84. The summed E-state index contributed by atoms with van der Waals surface area (Å²) in [6.45, 7) is 1.06. The third-order valence-electron chi connectivity index (χ3n) is 3.36. The standard InChI is InChI=1S/C15H22N6O2.HI/c1-21-10-19-20-14(21)9-18-15(16)17-7-6-11-4-5-12(22-2)13(8-11)23-3;/h4-5,8,10H,6-7,9H2,1-3H3,(H3,16,17,18);1H. The van der Waals surface area contributed by atoms with E-state index in [0.29, 0.717) is 30.5 Å². The van der Waals surface area contributed by atoms with E-state index in [1.165, 1.54) is 0 Å². The van der Waals surface area contributed by atoms with Crippen molar-refractivity contribution < 1.29 is 9.47 Å². The molecule has 0 atom stereocenters. The van der Waals surface area contributed by atoms with E-state index in [0.717, 1.165) is 17.8 Å². The first-order valence-electron chi connectivity index (χ1n) is 7.21. The summed E-state index contributed by atoms with van der Waals surface area (Å²) in [5, 5.41) is 10.8. The highest BCUT2D eigenvalue weighted by Crippen LogP contribution is 2.27. The molecule has 2 aromatic rings. The second kappa shape index (κ2) is 9.96. The van der Waals surface area contributed by atoms with E-state index in [-0.39, 0.29) is 24.0 Å². The summed E-state index contributed by atoms with van der Waals surface area (Å²) in [6, 6.07) is 5.84. The van der Waals surface area contributed by atoms with Gasteiger partial charge < -0.3 is 25.1 Å². The first kappa shape index (κ1) is 20.0. The van der Waals surface area contributed by atoms with Crippen molar-refractivity contribution in [3.05, 3.63) is 35.9 Å². The quantitative estimate of drug-likeness (QED) is 0.376. The molecule has 132 valence electrons. The highest BCUT2D eigenvalue weighted by Gasteiger charge is 2.04. The first-order valence-corrected chi connectivity index (χ1v) is 7.21. The summed E-state index contributed by atoms with van der Waals surface area (Å²) in [7, 11) is 5.11. The molecule has 3 N–H and O–H groups in total. The van der Waals surface area contributed by atoms with Crippen molar-refractivity contribution in [1.82, 2.24) is 20.1 Å². The van der Waals surface area contributed by atoms with E-state index in [4.69, 9.17) is 15.2 Å². The van der Waals surface area contributed by atoms with Gasteiger partial charge in [-0.05, 0) is 24.1 Å². The number of hydrogen-bond donors (Lipinski definition) is 2. The van der Waals surface area contributed by atoms with Crippen LogP contribution in [0.2, 0.25) is 0 Å². The molecule has 0 saturated heterocycles. The Bertz CT molecular complexity index is 674. The lowest BCUT2D eigenvalue weighted by Gasteiger charge is -2.10. The minimum atomic E-state index is 0. The molecule has 0 fully saturated rings. The fourth-order valence-electron chi connectivity index (χ4n) is 2.03. The third kappa shape index (κ3) is 5.55. The van der Waals surface area contributed by atoms with Crippen LogP contribution in [-0.2, 0) is 20.0 Å². The van der Waals surface area contributed by atoms with Crippen LogP contribution in [0.15, 0.2) is 29.5 Å². The number of guanidine groups is 1. The molecule has 9 heteroatoms. The fourth-order valence-corrected chi connectivity index (χ4v) is 2.03. The first-order chi connectivity index (χ1) is 11.1. The van der Waals surface area contributed by atoms with Crippen LogP contribution in [0.5, 0.6) is 11.5 Å². The number of aromatic nitrogens is 3. The van der Waals surface area contributed by atoms with Gasteiger partial charge in [-0.15, -0.1) is 34.2 Å². The van der Waals surface area contributed by atoms with Crippen LogP contribution in [-0.4, -0.2) is 41.5 Å². The molecule has 0 aliphatic heterocycles. The Labute approximate surface area is 158 Å². The molecule has 0 amide bonds. The van der Waals surface area contributed by atoms with Gasteiger partial charge in [-0.2, -0.15) is 0 Å². The lowest BCUT2D eigenvalue weighted by atomic mass is 10.1. The molecule has 1 heterocycles. The van der Waals surface area contributed by atoms with E-state index in [1.54, 1.807) is 25.1 Å². The molecule has 0 spiro atoms. The van der Waals surface area contributed by atoms with E-state index in [1.807, 2.05) is 25.2 Å². The Balaban J connectivity index is 0.00000288. The normalized spacial score (nSPS) is 10.9. The summed E-state index contributed by atoms with van der Waals surface area (Å²) in [4.78, 5) is 4.24. The number of nitrogens with two attached hydrogens (primary N) is 1. The lowest BCUT2D eigenvalue weighted by molar-refractivity contribution is 0.354. The van der Waals surface area contributed by atoms with E-state index in [2.05, 4.69) is 20.5 Å². The number of halogens is 1. The number of benzene rings is 1. The zero-order chi connectivity index (χ0) is 16.7. The molecule has 0 aliphatic carbocycles. The van der Waals surface area contributed by atoms with Crippen molar-refractivity contribution in [1.29, 1.82) is 0 Å². The Morgan fingerprint density at radius 2 is 2.04 bits per heavy atom. The Hall–Kier alpha value is -2.04. The van der Waals surface area contributed by atoms with Gasteiger partial charge in [0, 0.05) is 13.6 Å². The molecular weight excluding hydrogens is 423 g/mol. The molecule has 8 nitrogen and oxygen atoms in total. The van der Waals surface area contributed by atoms with Crippen LogP contribution >= 0.6 is 24.0 Å². The van der Waals surface area contributed by atoms with Gasteiger partial charge in [0.15, 0.2) is 23.3 Å². The predicted octanol–water partition coefficient (Wildman–Crippen LogP) is 1.10. The molecular formula is C15H23IN6O2. The highest BCUT2D eigenvalue weighted by molar-refractivity contribution is 14.0. The van der Waals surface area contributed by atoms with E-state index < -0.39 is 0 Å². The van der Waals surface area contributed by atoms with Crippen molar-refractivity contribution in [3.8, 4) is 11.5 Å². The van der Waals surface area contributed by atoms with Gasteiger partial charge >= 0.3 is 0 Å². The Kier molecular flexibility index (Phi) is 8.30. The molecule has 0 radical (unpaired) electrons. The van der Waals surface area contributed by atoms with Crippen LogP contribution in [0.25, 0.3) is 0 Å². The van der Waals surface area contributed by atoms with Crippen LogP contribution in [0, 0.1) is 0 Å². The zero-order valence-corrected chi connectivity index (χ0v) is 16.4. The lowest BCUT2D eigenvalue weighted by Crippen LogP contribution is -2.33. The number of ether oxygens (including phenoxy) is 2. The summed E-state index contributed by atoms with van der Waals surface area (Å²) < 4.78 is 12.3. The van der Waals surface area contributed by atoms with Gasteiger partial charge in [0.1, 0.15) is 12.9 Å². The van der Waals surface area contributed by atoms with Crippen molar-refractivity contribution in [2.75, 3.05) is 20.8 Å². The molecule has 0 unspecified atom stereocenters. The Morgan fingerprint density at radius 1 is 1.29 bits per heavy atom. The molecule has 0 aliphatic rings. The molecule has 24 heavy (non-hydrogen) atoms. The number of methoxy groups -OCH3 is 2. The van der Waals surface area contributed by atoms with Crippen LogP contribution < -0.4 is 20.5 Å². The molecule has 2 rings (SSSR count). The third-order valence-corrected chi connectivity index (χ3v) is 3.36. The average Bonchev–Trinajstić information content (AvgIpc) is 2.97. The Morgan fingerprint density at radius 3 is 2.67 bits per heavy atom. The number of aryl methyl sites for hydroxylation is 1. The molecule has 1 aromatic carbocycles. The van der Waals surface area contributed by atoms with Gasteiger partial charge in [0.05, 0.1) is 14.2 Å². The summed E-state index contributed by atoms with van der Waals surface area (Å²) in [5.41, 5.74) is 6.96. The van der Waals surface area contributed by atoms with Gasteiger partial charge in [-0.25, -0.2) is 4.99 Å². The smallest absolute Gasteiger partial charge is 0.189 e. The van der Waals surface area contributed by atoms with Gasteiger partial charge in [-0.3, -0.25) is 0 Å². The SMILES string of the molecule is COc1ccc(CCNC(N)=NCc2nncn2C)cc1OC.I. The zero-order valence-electron chi connectivity index (χ0n) is 14.0. The molecule has 0 bridgehead atoms. The number of aliphatic imine (C=N–C) groups is 1. The second-order valence-corrected chi connectivity index (χ2v) is 4.93.